The van der Waals surface area contributed by atoms with Crippen LogP contribution in [0, 0.1) is 0 Å². The molecule has 2 heterocycles. The van der Waals surface area contributed by atoms with Crippen molar-refractivity contribution in [2.75, 3.05) is 19.6 Å². The van der Waals surface area contributed by atoms with E-state index < -0.39 is 7.82 Å². The average Bonchev–Trinajstić information content (AvgIpc) is 3.04. The van der Waals surface area contributed by atoms with Crippen molar-refractivity contribution in [3.63, 3.8) is 0 Å². The normalized spacial score (nSPS) is 16.7. The predicted molar refractivity (Wildman–Crippen MR) is 80.3 cm³/mol. The number of hydrogen-bond donors (Lipinski definition) is 3. The summed E-state index contributed by atoms with van der Waals surface area (Å²) in [6.45, 7) is 3.22. The average molecular weight is 310 g/mol. The number of fused-ring (bicyclic) bond motifs is 1. The first-order valence-corrected chi connectivity index (χ1v) is 8.62. The van der Waals surface area contributed by atoms with Crippen molar-refractivity contribution in [2.45, 2.75) is 19.3 Å². The Morgan fingerprint density at radius 1 is 1.29 bits per heavy atom. The quantitative estimate of drug-likeness (QED) is 0.738. The highest BCUT2D eigenvalue weighted by Gasteiger charge is 2.20. The second-order valence-electron chi connectivity index (χ2n) is 5.37. The van der Waals surface area contributed by atoms with Gasteiger partial charge in [0.2, 0.25) is 0 Å². The summed E-state index contributed by atoms with van der Waals surface area (Å²) in [4.78, 5) is 23.6. The maximum atomic E-state index is 11.1. The van der Waals surface area contributed by atoms with Crippen LogP contribution in [0.3, 0.4) is 0 Å². The fourth-order valence-electron chi connectivity index (χ4n) is 2.91. The van der Waals surface area contributed by atoms with E-state index >= 15 is 0 Å². The standard InChI is InChI=1S/C14H19N2O4P/c17-21(18,19)20-13-5-3-4-12-14(13)11(10-15-12)6-9-16-7-1-2-8-16/h3-5,10,15H,1-2,6-9H2,(H2,17,18,19). The van der Waals surface area contributed by atoms with Gasteiger partial charge in [0.15, 0.2) is 0 Å². The monoisotopic (exact) mass is 310 g/mol. The lowest BCUT2D eigenvalue weighted by Crippen LogP contribution is -2.21. The number of rotatable bonds is 5. The van der Waals surface area contributed by atoms with E-state index in [1.165, 1.54) is 12.8 Å². The molecule has 2 aromatic rings. The lowest BCUT2D eigenvalue weighted by atomic mass is 10.1. The summed E-state index contributed by atoms with van der Waals surface area (Å²) in [7, 11) is -4.55. The van der Waals surface area contributed by atoms with Crippen LogP contribution in [0.2, 0.25) is 0 Å². The van der Waals surface area contributed by atoms with Crippen LogP contribution < -0.4 is 4.52 Å². The highest BCUT2D eigenvalue weighted by molar-refractivity contribution is 7.46. The highest BCUT2D eigenvalue weighted by Crippen LogP contribution is 2.41. The molecule has 3 N–H and O–H groups in total. The zero-order valence-electron chi connectivity index (χ0n) is 11.7. The Labute approximate surface area is 123 Å². The van der Waals surface area contributed by atoms with Crippen molar-refractivity contribution in [1.82, 2.24) is 9.88 Å². The summed E-state index contributed by atoms with van der Waals surface area (Å²) in [5.41, 5.74) is 1.86. The summed E-state index contributed by atoms with van der Waals surface area (Å²) in [6.07, 6.45) is 5.23. The van der Waals surface area contributed by atoms with E-state index in [2.05, 4.69) is 9.88 Å². The van der Waals surface area contributed by atoms with Crippen molar-refractivity contribution in [2.24, 2.45) is 0 Å². The predicted octanol–water partition coefficient (Wildman–Crippen LogP) is 2.28. The third-order valence-electron chi connectivity index (χ3n) is 3.86. The van der Waals surface area contributed by atoms with Gasteiger partial charge in [-0.25, -0.2) is 4.57 Å². The Morgan fingerprint density at radius 2 is 2.05 bits per heavy atom. The van der Waals surface area contributed by atoms with Crippen LogP contribution in [0.5, 0.6) is 5.75 Å². The van der Waals surface area contributed by atoms with Crippen LogP contribution in [-0.2, 0) is 11.0 Å². The molecular weight excluding hydrogens is 291 g/mol. The number of aromatic amines is 1. The maximum absolute atomic E-state index is 11.1. The summed E-state index contributed by atoms with van der Waals surface area (Å²) >= 11 is 0. The van der Waals surface area contributed by atoms with Gasteiger partial charge in [0, 0.05) is 23.6 Å². The summed E-state index contributed by atoms with van der Waals surface area (Å²) in [5, 5.41) is 0.764. The maximum Gasteiger partial charge on any atom is 0.524 e. The first-order chi connectivity index (χ1) is 10.0. The number of nitrogens with zero attached hydrogens (tertiary/aromatic N) is 1. The number of H-pyrrole nitrogens is 1. The van der Waals surface area contributed by atoms with Gasteiger partial charge >= 0.3 is 7.82 Å². The van der Waals surface area contributed by atoms with Crippen LogP contribution in [0.1, 0.15) is 18.4 Å². The largest absolute Gasteiger partial charge is 0.524 e. The van der Waals surface area contributed by atoms with Gasteiger partial charge in [-0.2, -0.15) is 0 Å². The number of aromatic nitrogens is 1. The van der Waals surface area contributed by atoms with Gasteiger partial charge in [0.25, 0.3) is 0 Å². The molecule has 0 saturated carbocycles. The first kappa shape index (κ1) is 14.6. The molecule has 0 amide bonds. The van der Waals surface area contributed by atoms with Gasteiger partial charge in [-0.05, 0) is 50.0 Å². The van der Waals surface area contributed by atoms with Crippen molar-refractivity contribution in [1.29, 1.82) is 0 Å². The van der Waals surface area contributed by atoms with Crippen LogP contribution in [0.4, 0.5) is 0 Å². The van der Waals surface area contributed by atoms with Crippen molar-refractivity contribution < 1.29 is 18.9 Å². The molecular formula is C14H19N2O4P. The molecule has 1 aliphatic rings. The number of hydrogen-bond acceptors (Lipinski definition) is 3. The van der Waals surface area contributed by atoms with Gasteiger partial charge in [0.1, 0.15) is 5.75 Å². The Kier molecular flexibility index (Phi) is 4.04. The number of likely N-dealkylation sites (tertiary alicyclic amines) is 1. The van der Waals surface area contributed by atoms with Gasteiger partial charge in [0.05, 0.1) is 0 Å². The third-order valence-corrected chi connectivity index (χ3v) is 4.30. The Morgan fingerprint density at radius 3 is 2.76 bits per heavy atom. The zero-order valence-corrected chi connectivity index (χ0v) is 12.6. The topological polar surface area (TPSA) is 85.8 Å². The van der Waals surface area contributed by atoms with Crippen molar-refractivity contribution >= 4 is 18.7 Å². The van der Waals surface area contributed by atoms with E-state index in [0.29, 0.717) is 0 Å². The number of benzene rings is 1. The zero-order chi connectivity index (χ0) is 14.9. The summed E-state index contributed by atoms with van der Waals surface area (Å²) in [5.74, 6) is 0.235. The second kappa shape index (κ2) is 5.81. The molecule has 21 heavy (non-hydrogen) atoms. The van der Waals surface area contributed by atoms with Gasteiger partial charge in [-0.15, -0.1) is 0 Å². The molecule has 7 heteroatoms. The lowest BCUT2D eigenvalue weighted by Gasteiger charge is -2.14. The highest BCUT2D eigenvalue weighted by atomic mass is 31.2. The minimum Gasteiger partial charge on any atom is -0.404 e. The Hall–Kier alpha value is -1.33. The first-order valence-electron chi connectivity index (χ1n) is 7.09. The molecule has 1 aliphatic heterocycles. The van der Waals surface area contributed by atoms with Crippen LogP contribution in [0.15, 0.2) is 24.4 Å². The third kappa shape index (κ3) is 3.47. The van der Waals surface area contributed by atoms with Gasteiger partial charge < -0.3 is 14.4 Å². The fraction of sp³-hybridized carbons (Fsp3) is 0.429. The lowest BCUT2D eigenvalue weighted by molar-refractivity contribution is 0.284. The molecule has 0 bridgehead atoms. The van der Waals surface area contributed by atoms with Crippen LogP contribution >= 0.6 is 7.82 Å². The number of phosphoric acid groups is 1. The van der Waals surface area contributed by atoms with Crippen LogP contribution in [-0.4, -0.2) is 39.3 Å². The molecule has 6 nitrogen and oxygen atoms in total. The molecule has 0 atom stereocenters. The second-order valence-corrected chi connectivity index (χ2v) is 6.54. The molecule has 114 valence electrons. The molecule has 3 rings (SSSR count). The SMILES string of the molecule is O=P(O)(O)Oc1cccc2[nH]cc(CCN3CCCC3)c12. The Balaban J connectivity index is 1.86. The fourth-order valence-corrected chi connectivity index (χ4v) is 3.31. The van der Waals surface area contributed by atoms with Crippen molar-refractivity contribution in [3.05, 3.63) is 30.0 Å². The van der Waals surface area contributed by atoms with Gasteiger partial charge in [-0.1, -0.05) is 6.07 Å². The summed E-state index contributed by atoms with van der Waals surface area (Å²) in [6, 6.07) is 5.18. The minimum atomic E-state index is -4.55. The Bertz CT molecular complexity index is 673. The van der Waals surface area contributed by atoms with E-state index in [1.54, 1.807) is 12.1 Å². The molecule has 0 aliphatic carbocycles. The molecule has 0 spiro atoms. The van der Waals surface area contributed by atoms with Crippen LogP contribution in [0.25, 0.3) is 10.9 Å². The summed E-state index contributed by atoms with van der Waals surface area (Å²) < 4.78 is 15.9. The van der Waals surface area contributed by atoms with E-state index in [-0.39, 0.29) is 5.75 Å². The van der Waals surface area contributed by atoms with E-state index in [1.807, 2.05) is 12.3 Å². The van der Waals surface area contributed by atoms with E-state index in [0.717, 1.165) is 42.5 Å². The molecule has 0 radical (unpaired) electrons. The number of phosphoric ester groups is 1. The molecule has 1 aromatic heterocycles. The smallest absolute Gasteiger partial charge is 0.404 e. The van der Waals surface area contributed by atoms with E-state index in [4.69, 9.17) is 14.3 Å². The minimum absolute atomic E-state index is 0.235. The molecule has 1 aromatic carbocycles. The van der Waals surface area contributed by atoms with Crippen molar-refractivity contribution in [3.8, 4) is 5.75 Å². The number of nitrogens with one attached hydrogen (secondary N) is 1. The van der Waals surface area contributed by atoms with E-state index in [9.17, 15) is 4.57 Å². The molecule has 1 saturated heterocycles. The van der Waals surface area contributed by atoms with Gasteiger partial charge in [-0.3, -0.25) is 9.79 Å². The molecule has 1 fully saturated rings. The molecule has 0 unspecified atom stereocenters.